The van der Waals surface area contributed by atoms with Gasteiger partial charge in [0.25, 0.3) is 0 Å². The second-order valence-electron chi connectivity index (χ2n) is 6.14. The molecule has 1 saturated carbocycles. The summed E-state index contributed by atoms with van der Waals surface area (Å²) in [6.45, 7) is 6.19. The van der Waals surface area contributed by atoms with Gasteiger partial charge in [-0.2, -0.15) is 0 Å². The number of nitrogens with zero attached hydrogens (tertiary/aromatic N) is 2. The molecule has 2 N–H and O–H groups in total. The Hall–Kier alpha value is -0.0800. The molecule has 0 aromatic rings. The van der Waals surface area contributed by atoms with E-state index in [-0.39, 0.29) is 24.0 Å². The molecule has 1 saturated heterocycles. The molecule has 2 fully saturated rings. The van der Waals surface area contributed by atoms with Crippen molar-refractivity contribution in [1.82, 2.24) is 15.5 Å². The summed E-state index contributed by atoms with van der Waals surface area (Å²) >= 11 is 0. The van der Waals surface area contributed by atoms with Crippen LogP contribution in [0.2, 0.25) is 0 Å². The molecule has 2 aliphatic rings. The summed E-state index contributed by atoms with van der Waals surface area (Å²) in [5.41, 5.74) is 0. The summed E-state index contributed by atoms with van der Waals surface area (Å²) < 4.78 is 5.37. The molecule has 0 radical (unpaired) electrons. The molecule has 0 spiro atoms. The lowest BCUT2D eigenvalue weighted by atomic mass is 9.96. The Kier molecular flexibility index (Phi) is 11.2. The van der Waals surface area contributed by atoms with E-state index in [0.29, 0.717) is 6.04 Å². The van der Waals surface area contributed by atoms with Gasteiger partial charge in [0.05, 0.1) is 13.2 Å². The number of hydrogen-bond acceptors (Lipinski definition) is 3. The lowest BCUT2D eigenvalue weighted by molar-refractivity contribution is 0.0372. The van der Waals surface area contributed by atoms with Crippen molar-refractivity contribution in [2.75, 3.05) is 46.4 Å². The minimum absolute atomic E-state index is 0. The highest BCUT2D eigenvalue weighted by Crippen LogP contribution is 2.17. The smallest absolute Gasteiger partial charge is 0.191 e. The highest BCUT2D eigenvalue weighted by molar-refractivity contribution is 14.0. The van der Waals surface area contributed by atoms with Crippen LogP contribution in [-0.2, 0) is 4.74 Å². The number of morpholine rings is 1. The molecule has 0 atom stereocenters. The van der Waals surface area contributed by atoms with Crippen LogP contribution in [0, 0.1) is 0 Å². The van der Waals surface area contributed by atoms with Gasteiger partial charge in [-0.3, -0.25) is 9.89 Å². The zero-order chi connectivity index (χ0) is 14.8. The summed E-state index contributed by atoms with van der Waals surface area (Å²) in [7, 11) is 1.87. The van der Waals surface area contributed by atoms with Crippen LogP contribution in [0.3, 0.4) is 0 Å². The number of halogens is 1. The maximum atomic E-state index is 5.37. The molecule has 0 aromatic heterocycles. The number of ether oxygens (including phenoxy) is 1. The van der Waals surface area contributed by atoms with Crippen LogP contribution in [0.1, 0.15) is 44.9 Å². The minimum Gasteiger partial charge on any atom is -0.379 e. The van der Waals surface area contributed by atoms with Crippen LogP contribution in [-0.4, -0.2) is 63.3 Å². The monoisotopic (exact) mass is 424 g/mol. The molecular formula is C16H33IN4O. The Morgan fingerprint density at radius 1 is 1.14 bits per heavy atom. The molecule has 130 valence electrons. The molecule has 1 aliphatic heterocycles. The quantitative estimate of drug-likeness (QED) is 0.297. The standard InChI is InChI=1S/C16H32N4O.HI/c1-17-16(19-15-7-3-2-4-8-15)18-9-5-6-10-20-11-13-21-14-12-20;/h15H,2-14H2,1H3,(H2,17,18,19);1H. The fraction of sp³-hybridized carbons (Fsp3) is 0.938. The highest BCUT2D eigenvalue weighted by atomic mass is 127. The second-order valence-corrected chi connectivity index (χ2v) is 6.14. The van der Waals surface area contributed by atoms with E-state index in [4.69, 9.17) is 4.74 Å². The molecule has 0 unspecified atom stereocenters. The first-order chi connectivity index (χ1) is 10.4. The van der Waals surface area contributed by atoms with Crippen molar-refractivity contribution in [1.29, 1.82) is 0 Å². The molecule has 0 amide bonds. The van der Waals surface area contributed by atoms with Crippen LogP contribution in [0.25, 0.3) is 0 Å². The van der Waals surface area contributed by atoms with E-state index in [1.54, 1.807) is 0 Å². The topological polar surface area (TPSA) is 48.9 Å². The SMILES string of the molecule is CN=C(NCCCCN1CCOCC1)NC1CCCCC1.I. The van der Waals surface area contributed by atoms with E-state index in [0.717, 1.165) is 38.8 Å². The van der Waals surface area contributed by atoms with Crippen LogP contribution in [0.4, 0.5) is 0 Å². The van der Waals surface area contributed by atoms with Crippen LogP contribution in [0.5, 0.6) is 0 Å². The first-order valence-electron chi connectivity index (χ1n) is 8.66. The van der Waals surface area contributed by atoms with E-state index < -0.39 is 0 Å². The largest absolute Gasteiger partial charge is 0.379 e. The zero-order valence-corrected chi connectivity index (χ0v) is 16.3. The molecule has 22 heavy (non-hydrogen) atoms. The summed E-state index contributed by atoms with van der Waals surface area (Å²) in [6.07, 6.45) is 9.12. The van der Waals surface area contributed by atoms with Crippen LogP contribution in [0.15, 0.2) is 4.99 Å². The summed E-state index contributed by atoms with van der Waals surface area (Å²) in [5, 5.41) is 7.01. The molecule has 1 heterocycles. The van der Waals surface area contributed by atoms with Gasteiger partial charge in [-0.25, -0.2) is 0 Å². The third-order valence-corrected chi connectivity index (χ3v) is 4.47. The predicted molar refractivity (Wildman–Crippen MR) is 103 cm³/mol. The first-order valence-corrected chi connectivity index (χ1v) is 8.66. The van der Waals surface area contributed by atoms with E-state index in [9.17, 15) is 0 Å². The van der Waals surface area contributed by atoms with Gasteiger partial charge >= 0.3 is 0 Å². The van der Waals surface area contributed by atoms with Crippen molar-refractivity contribution in [2.45, 2.75) is 51.0 Å². The Balaban J connectivity index is 0.00000242. The van der Waals surface area contributed by atoms with E-state index >= 15 is 0 Å². The number of guanidine groups is 1. The van der Waals surface area contributed by atoms with Gasteiger partial charge in [0.1, 0.15) is 0 Å². The maximum absolute atomic E-state index is 5.37. The Labute approximate surface area is 152 Å². The zero-order valence-electron chi connectivity index (χ0n) is 14.0. The average Bonchev–Trinajstić information content (AvgIpc) is 2.55. The van der Waals surface area contributed by atoms with Crippen molar-refractivity contribution >= 4 is 29.9 Å². The molecule has 6 heteroatoms. The Morgan fingerprint density at radius 2 is 1.86 bits per heavy atom. The number of hydrogen-bond donors (Lipinski definition) is 2. The summed E-state index contributed by atoms with van der Waals surface area (Å²) in [6, 6.07) is 0.623. The normalized spacial score (nSPS) is 21.2. The van der Waals surface area contributed by atoms with Crippen LogP contribution < -0.4 is 10.6 Å². The Morgan fingerprint density at radius 3 is 2.55 bits per heavy atom. The van der Waals surface area contributed by atoms with Gasteiger partial charge in [-0.1, -0.05) is 19.3 Å². The van der Waals surface area contributed by atoms with Gasteiger partial charge in [-0.05, 0) is 32.2 Å². The fourth-order valence-electron chi connectivity index (χ4n) is 3.13. The van der Waals surface area contributed by atoms with E-state index in [2.05, 4.69) is 20.5 Å². The number of nitrogens with one attached hydrogen (secondary N) is 2. The van der Waals surface area contributed by atoms with E-state index in [1.807, 2.05) is 7.05 Å². The molecule has 5 nitrogen and oxygen atoms in total. The molecule has 0 bridgehead atoms. The fourth-order valence-corrected chi connectivity index (χ4v) is 3.13. The third-order valence-electron chi connectivity index (χ3n) is 4.47. The molecular weight excluding hydrogens is 391 g/mol. The van der Waals surface area contributed by atoms with Gasteiger partial charge in [0, 0.05) is 32.7 Å². The maximum Gasteiger partial charge on any atom is 0.191 e. The molecule has 2 rings (SSSR count). The van der Waals surface area contributed by atoms with Gasteiger partial charge in [0.15, 0.2) is 5.96 Å². The average molecular weight is 424 g/mol. The van der Waals surface area contributed by atoms with Crippen molar-refractivity contribution < 1.29 is 4.74 Å². The van der Waals surface area contributed by atoms with Crippen molar-refractivity contribution in [3.63, 3.8) is 0 Å². The summed E-state index contributed by atoms with van der Waals surface area (Å²) in [5.74, 6) is 0.980. The number of rotatable bonds is 6. The third kappa shape index (κ3) is 7.97. The van der Waals surface area contributed by atoms with Crippen molar-refractivity contribution in [3.05, 3.63) is 0 Å². The lowest BCUT2D eigenvalue weighted by Gasteiger charge is -2.26. The first kappa shape index (κ1) is 20.0. The van der Waals surface area contributed by atoms with Crippen molar-refractivity contribution in [3.8, 4) is 0 Å². The van der Waals surface area contributed by atoms with Gasteiger partial charge in [0.2, 0.25) is 0 Å². The second kappa shape index (κ2) is 12.4. The van der Waals surface area contributed by atoms with Crippen LogP contribution >= 0.6 is 24.0 Å². The highest BCUT2D eigenvalue weighted by Gasteiger charge is 2.14. The predicted octanol–water partition coefficient (Wildman–Crippen LogP) is 2.21. The summed E-state index contributed by atoms with van der Waals surface area (Å²) in [4.78, 5) is 6.84. The van der Waals surface area contributed by atoms with Crippen molar-refractivity contribution in [2.24, 2.45) is 4.99 Å². The minimum atomic E-state index is 0. The number of unbranched alkanes of at least 4 members (excludes halogenated alkanes) is 1. The van der Waals surface area contributed by atoms with Gasteiger partial charge < -0.3 is 15.4 Å². The number of aliphatic imine (C=N–C) groups is 1. The molecule has 1 aliphatic carbocycles. The molecule has 0 aromatic carbocycles. The van der Waals surface area contributed by atoms with Gasteiger partial charge in [-0.15, -0.1) is 24.0 Å². The van der Waals surface area contributed by atoms with E-state index in [1.165, 1.54) is 51.5 Å². The lowest BCUT2D eigenvalue weighted by Crippen LogP contribution is -2.44. The Bertz CT molecular complexity index is 303.